The maximum atomic E-state index is 10.9. The Labute approximate surface area is 70.6 Å². The van der Waals surface area contributed by atoms with Crippen LogP contribution in [0.2, 0.25) is 0 Å². The second-order valence-corrected chi connectivity index (χ2v) is 5.84. The van der Waals surface area contributed by atoms with E-state index < -0.39 is 3.23 Å². The Kier molecular flexibility index (Phi) is 2.16. The summed E-state index contributed by atoms with van der Waals surface area (Å²) < 4.78 is -0.488. The van der Waals surface area contributed by atoms with Gasteiger partial charge in [-0.1, -0.05) is 31.9 Å². The number of hydrogen-bond acceptors (Lipinski definition) is 1. The number of alkyl halides is 2. The molecular weight excluding hydrogens is 250 g/mol. The quantitative estimate of drug-likeness (QED) is 0.652. The summed E-state index contributed by atoms with van der Waals surface area (Å²) in [5, 5.41) is 2.74. The normalized spacial score (nSPS) is 25.3. The molecule has 52 valence electrons. The van der Waals surface area contributed by atoms with Gasteiger partial charge in [0.15, 0.2) is 3.23 Å². The molecule has 1 fully saturated rings. The van der Waals surface area contributed by atoms with Gasteiger partial charge in [-0.2, -0.15) is 0 Å². The first-order valence-corrected chi connectivity index (χ1v) is 4.38. The Morgan fingerprint density at radius 3 is 2.56 bits per heavy atom. The van der Waals surface area contributed by atoms with Crippen LogP contribution in [0, 0.1) is 0 Å². The second-order valence-electron chi connectivity index (χ2n) is 2.06. The van der Waals surface area contributed by atoms with Crippen molar-refractivity contribution < 1.29 is 4.79 Å². The van der Waals surface area contributed by atoms with Gasteiger partial charge in [0.2, 0.25) is 5.91 Å². The highest BCUT2D eigenvalue weighted by Gasteiger charge is 2.34. The zero-order valence-corrected chi connectivity index (χ0v) is 7.96. The maximum absolute atomic E-state index is 10.9. The highest BCUT2D eigenvalue weighted by atomic mass is 79.9. The molecule has 9 heavy (non-hydrogen) atoms. The van der Waals surface area contributed by atoms with Gasteiger partial charge in [-0.05, 0) is 12.8 Å². The predicted molar refractivity (Wildman–Crippen MR) is 42.8 cm³/mol. The number of carbonyl (C=O) groups excluding carboxylic acids is 1. The van der Waals surface area contributed by atoms with Crippen molar-refractivity contribution in [1.82, 2.24) is 5.32 Å². The average Bonchev–Trinajstić information content (AvgIpc) is 1.77. The van der Waals surface area contributed by atoms with Crippen molar-refractivity contribution in [2.75, 3.05) is 6.54 Å². The number of carbonyl (C=O) groups is 1. The molecule has 0 aliphatic carbocycles. The minimum absolute atomic E-state index is 0.0359. The zero-order valence-electron chi connectivity index (χ0n) is 4.79. The molecule has 0 aromatic carbocycles. The number of rotatable bonds is 0. The van der Waals surface area contributed by atoms with Crippen molar-refractivity contribution in [3.63, 3.8) is 0 Å². The van der Waals surface area contributed by atoms with Crippen LogP contribution in [-0.4, -0.2) is 15.7 Å². The van der Waals surface area contributed by atoms with Crippen LogP contribution in [0.25, 0.3) is 0 Å². The Morgan fingerprint density at radius 1 is 1.56 bits per heavy atom. The lowest BCUT2D eigenvalue weighted by atomic mass is 10.2. The predicted octanol–water partition coefficient (Wildman–Crippen LogP) is 1.38. The third kappa shape index (κ3) is 1.67. The van der Waals surface area contributed by atoms with Crippen LogP contribution in [-0.2, 0) is 4.79 Å². The summed E-state index contributed by atoms with van der Waals surface area (Å²) in [4.78, 5) is 10.9. The molecule has 1 heterocycles. The molecule has 4 heteroatoms. The number of halogens is 2. The first-order valence-electron chi connectivity index (χ1n) is 2.79. The third-order valence-electron chi connectivity index (χ3n) is 1.29. The summed E-state index contributed by atoms with van der Waals surface area (Å²) in [5.74, 6) is 0.0359. The minimum Gasteiger partial charge on any atom is -0.354 e. The molecule has 0 aromatic rings. The lowest BCUT2D eigenvalue weighted by Gasteiger charge is -2.24. The van der Waals surface area contributed by atoms with Crippen LogP contribution in [0.3, 0.4) is 0 Å². The fourth-order valence-corrected chi connectivity index (χ4v) is 1.60. The molecule has 0 unspecified atom stereocenters. The summed E-state index contributed by atoms with van der Waals surface area (Å²) in [5.41, 5.74) is 0. The molecule has 0 spiro atoms. The van der Waals surface area contributed by atoms with E-state index in [0.29, 0.717) is 0 Å². The van der Waals surface area contributed by atoms with E-state index in [9.17, 15) is 4.79 Å². The largest absolute Gasteiger partial charge is 0.354 e. The molecule has 0 aromatic heterocycles. The number of hydrogen-bond donors (Lipinski definition) is 1. The fraction of sp³-hybridized carbons (Fsp3) is 0.800. The third-order valence-corrected chi connectivity index (χ3v) is 2.80. The average molecular weight is 257 g/mol. The molecular formula is C5H7Br2NO. The molecule has 1 amide bonds. The van der Waals surface area contributed by atoms with Gasteiger partial charge in [0, 0.05) is 6.54 Å². The van der Waals surface area contributed by atoms with Crippen LogP contribution in [0.4, 0.5) is 0 Å². The first kappa shape index (κ1) is 7.54. The molecule has 2 nitrogen and oxygen atoms in total. The molecule has 0 saturated carbocycles. The van der Waals surface area contributed by atoms with Gasteiger partial charge in [-0.3, -0.25) is 4.79 Å². The Bertz CT molecular complexity index is 135. The van der Waals surface area contributed by atoms with Crippen LogP contribution in [0.5, 0.6) is 0 Å². The summed E-state index contributed by atoms with van der Waals surface area (Å²) in [6.07, 6.45) is 1.89. The van der Waals surface area contributed by atoms with Gasteiger partial charge in [0.25, 0.3) is 0 Å². The monoisotopic (exact) mass is 255 g/mol. The van der Waals surface area contributed by atoms with Crippen LogP contribution in [0.15, 0.2) is 0 Å². The van der Waals surface area contributed by atoms with Crippen molar-refractivity contribution in [1.29, 1.82) is 0 Å². The summed E-state index contributed by atoms with van der Waals surface area (Å²) in [6.45, 7) is 0.803. The van der Waals surface area contributed by atoms with E-state index in [-0.39, 0.29) is 5.91 Å². The zero-order chi connectivity index (χ0) is 6.91. The number of piperidine rings is 1. The summed E-state index contributed by atoms with van der Waals surface area (Å²) in [6, 6.07) is 0. The smallest absolute Gasteiger partial charge is 0.247 e. The molecule has 1 N–H and O–H groups in total. The summed E-state index contributed by atoms with van der Waals surface area (Å²) in [7, 11) is 0. The van der Waals surface area contributed by atoms with Crippen molar-refractivity contribution in [3.05, 3.63) is 0 Å². The maximum Gasteiger partial charge on any atom is 0.247 e. The fourth-order valence-electron chi connectivity index (χ4n) is 0.755. The molecule has 1 aliphatic heterocycles. The van der Waals surface area contributed by atoms with Gasteiger partial charge in [-0.25, -0.2) is 0 Å². The van der Waals surface area contributed by atoms with Gasteiger partial charge < -0.3 is 5.32 Å². The lowest BCUT2D eigenvalue weighted by molar-refractivity contribution is -0.122. The number of nitrogens with one attached hydrogen (secondary N) is 1. The Hall–Kier alpha value is 0.430. The molecule has 0 radical (unpaired) electrons. The van der Waals surface area contributed by atoms with Crippen molar-refractivity contribution in [2.45, 2.75) is 16.1 Å². The standard InChI is InChI=1S/C5H7Br2NO/c6-5(7)2-1-3-8-4(5)9/h1-3H2,(H,8,9). The van der Waals surface area contributed by atoms with Gasteiger partial charge in [-0.15, -0.1) is 0 Å². The SMILES string of the molecule is O=C1NCCCC1(Br)Br. The first-order chi connectivity index (χ1) is 4.13. The van der Waals surface area contributed by atoms with E-state index in [1.165, 1.54) is 0 Å². The molecule has 0 atom stereocenters. The van der Waals surface area contributed by atoms with E-state index in [0.717, 1.165) is 19.4 Å². The molecule has 0 bridgehead atoms. The van der Waals surface area contributed by atoms with E-state index in [2.05, 4.69) is 37.2 Å². The van der Waals surface area contributed by atoms with Gasteiger partial charge >= 0.3 is 0 Å². The van der Waals surface area contributed by atoms with E-state index in [1.54, 1.807) is 0 Å². The summed E-state index contributed by atoms with van der Waals surface area (Å²) >= 11 is 6.52. The van der Waals surface area contributed by atoms with Gasteiger partial charge in [0.1, 0.15) is 0 Å². The van der Waals surface area contributed by atoms with Crippen LogP contribution >= 0.6 is 31.9 Å². The highest BCUT2D eigenvalue weighted by molar-refractivity contribution is 9.25. The van der Waals surface area contributed by atoms with E-state index >= 15 is 0 Å². The van der Waals surface area contributed by atoms with E-state index in [1.807, 2.05) is 0 Å². The van der Waals surface area contributed by atoms with Crippen molar-refractivity contribution >= 4 is 37.8 Å². The van der Waals surface area contributed by atoms with Gasteiger partial charge in [0.05, 0.1) is 0 Å². The van der Waals surface area contributed by atoms with Crippen molar-refractivity contribution in [2.24, 2.45) is 0 Å². The Morgan fingerprint density at radius 2 is 2.22 bits per heavy atom. The highest BCUT2D eigenvalue weighted by Crippen LogP contribution is 2.33. The van der Waals surface area contributed by atoms with Crippen LogP contribution < -0.4 is 5.32 Å². The molecule has 1 aliphatic rings. The molecule has 1 rings (SSSR count). The topological polar surface area (TPSA) is 29.1 Å². The minimum atomic E-state index is -0.488. The number of amides is 1. The molecule has 1 saturated heterocycles. The second kappa shape index (κ2) is 2.58. The Balaban J connectivity index is 2.60. The lowest BCUT2D eigenvalue weighted by Crippen LogP contribution is -2.42. The van der Waals surface area contributed by atoms with E-state index in [4.69, 9.17) is 0 Å². The van der Waals surface area contributed by atoms with Crippen molar-refractivity contribution in [3.8, 4) is 0 Å². The van der Waals surface area contributed by atoms with Crippen LogP contribution in [0.1, 0.15) is 12.8 Å².